The number of carboxylic acids is 1. The fourth-order valence-corrected chi connectivity index (χ4v) is 4.14. The number of hydrogen-bond acceptors (Lipinski definition) is 4. The number of carbonyl (C=O) groups excluding carboxylic acids is 1. The molecule has 0 radical (unpaired) electrons. The molecule has 1 aromatic heterocycles. The molecule has 0 spiro atoms. The van der Waals surface area contributed by atoms with E-state index in [0.717, 1.165) is 17.7 Å². The van der Waals surface area contributed by atoms with E-state index < -0.39 is 12.1 Å². The average Bonchev–Trinajstić information content (AvgIpc) is 3.26. The van der Waals surface area contributed by atoms with Crippen LogP contribution in [0.4, 0.5) is 0 Å². The van der Waals surface area contributed by atoms with E-state index in [1.54, 1.807) is 23.1 Å². The summed E-state index contributed by atoms with van der Waals surface area (Å²) in [6.45, 7) is 0.663. The topological polar surface area (TPSA) is 77.8 Å². The summed E-state index contributed by atoms with van der Waals surface area (Å²) in [4.78, 5) is 26.7. The molecule has 2 atom stereocenters. The van der Waals surface area contributed by atoms with Crippen molar-refractivity contribution in [1.29, 1.82) is 0 Å². The molecule has 25 heavy (non-hydrogen) atoms. The zero-order valence-electron chi connectivity index (χ0n) is 13.8. The van der Waals surface area contributed by atoms with Gasteiger partial charge >= 0.3 is 5.97 Å². The Hall–Kier alpha value is -2.18. The predicted octanol–water partition coefficient (Wildman–Crippen LogP) is 3.10. The van der Waals surface area contributed by atoms with Crippen molar-refractivity contribution in [2.75, 3.05) is 6.54 Å². The third-order valence-electron chi connectivity index (χ3n) is 4.65. The lowest BCUT2D eigenvalue weighted by atomic mass is 10.0. The zero-order valence-corrected chi connectivity index (χ0v) is 14.6. The molecule has 1 saturated heterocycles. The Labute approximate surface area is 150 Å². The Morgan fingerprint density at radius 1 is 1.24 bits per heavy atom. The Balaban J connectivity index is 1.68. The third kappa shape index (κ3) is 4.08. The van der Waals surface area contributed by atoms with Crippen LogP contribution >= 0.6 is 11.3 Å². The monoisotopic (exact) mass is 359 g/mol. The highest BCUT2D eigenvalue weighted by molar-refractivity contribution is 7.10. The number of aliphatic hydroxyl groups is 1. The molecular formula is C19H21NO4S. The lowest BCUT2D eigenvalue weighted by Crippen LogP contribution is -2.37. The second-order valence-electron chi connectivity index (χ2n) is 6.29. The van der Waals surface area contributed by atoms with Gasteiger partial charge in [0, 0.05) is 17.5 Å². The minimum Gasteiger partial charge on any atom is -0.478 e. The molecule has 2 unspecified atom stereocenters. The van der Waals surface area contributed by atoms with Crippen molar-refractivity contribution >= 4 is 23.2 Å². The molecule has 0 saturated carbocycles. The van der Waals surface area contributed by atoms with Gasteiger partial charge in [-0.25, -0.2) is 4.79 Å². The van der Waals surface area contributed by atoms with Gasteiger partial charge in [-0.1, -0.05) is 24.3 Å². The van der Waals surface area contributed by atoms with Crippen LogP contribution in [0.2, 0.25) is 0 Å². The molecule has 1 fully saturated rings. The van der Waals surface area contributed by atoms with Crippen LogP contribution in [0.15, 0.2) is 41.8 Å². The molecular weight excluding hydrogens is 338 g/mol. The molecule has 1 aliphatic heterocycles. The quantitative estimate of drug-likeness (QED) is 0.831. The fourth-order valence-electron chi connectivity index (χ4n) is 3.41. The first-order chi connectivity index (χ1) is 12.1. The second kappa shape index (κ2) is 7.80. The molecule has 0 aliphatic carbocycles. The van der Waals surface area contributed by atoms with Crippen LogP contribution in [0, 0.1) is 0 Å². The van der Waals surface area contributed by atoms with Gasteiger partial charge in [0.1, 0.15) is 0 Å². The number of rotatable bonds is 6. The molecule has 1 amide bonds. The lowest BCUT2D eigenvalue weighted by Gasteiger charge is -2.26. The van der Waals surface area contributed by atoms with E-state index in [-0.39, 0.29) is 23.9 Å². The van der Waals surface area contributed by atoms with Crippen LogP contribution in [-0.4, -0.2) is 39.6 Å². The fraction of sp³-hybridized carbons (Fsp3) is 0.368. The summed E-state index contributed by atoms with van der Waals surface area (Å²) in [6.07, 6.45) is 1.81. The number of aromatic carboxylic acids is 1. The molecule has 3 rings (SSSR count). The first-order valence-corrected chi connectivity index (χ1v) is 9.26. The van der Waals surface area contributed by atoms with Crippen LogP contribution in [0.25, 0.3) is 0 Å². The van der Waals surface area contributed by atoms with Crippen molar-refractivity contribution in [1.82, 2.24) is 4.90 Å². The maximum Gasteiger partial charge on any atom is 0.335 e. The highest BCUT2D eigenvalue weighted by Gasteiger charge is 2.31. The first kappa shape index (κ1) is 17.6. The van der Waals surface area contributed by atoms with Gasteiger partial charge < -0.3 is 15.1 Å². The van der Waals surface area contributed by atoms with Crippen molar-refractivity contribution in [3.63, 3.8) is 0 Å². The van der Waals surface area contributed by atoms with Gasteiger partial charge in [0.25, 0.3) is 0 Å². The number of carboxylic acid groups (broad SMARTS) is 1. The molecule has 1 aliphatic rings. The van der Waals surface area contributed by atoms with Crippen molar-refractivity contribution in [3.8, 4) is 0 Å². The van der Waals surface area contributed by atoms with Crippen molar-refractivity contribution in [2.24, 2.45) is 0 Å². The molecule has 2 aromatic rings. The summed E-state index contributed by atoms with van der Waals surface area (Å²) in [5, 5.41) is 21.6. The summed E-state index contributed by atoms with van der Waals surface area (Å²) in [5.74, 6) is -1.09. The summed E-state index contributed by atoms with van der Waals surface area (Å²) in [7, 11) is 0. The van der Waals surface area contributed by atoms with E-state index in [1.807, 2.05) is 17.5 Å². The van der Waals surface area contributed by atoms with Gasteiger partial charge in [0.2, 0.25) is 5.91 Å². The Bertz CT molecular complexity index is 744. The summed E-state index contributed by atoms with van der Waals surface area (Å²) in [6, 6.07) is 10.4. The van der Waals surface area contributed by atoms with Gasteiger partial charge in [0.05, 0.1) is 18.1 Å². The first-order valence-electron chi connectivity index (χ1n) is 8.38. The maximum atomic E-state index is 12.7. The smallest absolute Gasteiger partial charge is 0.335 e. The molecule has 0 bridgehead atoms. The van der Waals surface area contributed by atoms with Crippen LogP contribution in [0.5, 0.6) is 0 Å². The largest absolute Gasteiger partial charge is 0.478 e. The number of benzene rings is 1. The van der Waals surface area contributed by atoms with Crippen LogP contribution in [0.1, 0.15) is 46.2 Å². The number of nitrogens with zero attached hydrogens (tertiary/aromatic N) is 1. The van der Waals surface area contributed by atoms with E-state index in [1.165, 1.54) is 17.4 Å². The van der Waals surface area contributed by atoms with Gasteiger partial charge in [0.15, 0.2) is 0 Å². The van der Waals surface area contributed by atoms with E-state index in [9.17, 15) is 19.8 Å². The number of likely N-dealkylation sites (tertiary alicyclic amines) is 1. The number of carbonyl (C=O) groups is 2. The summed E-state index contributed by atoms with van der Waals surface area (Å²) < 4.78 is 0. The Kier molecular flexibility index (Phi) is 5.50. The van der Waals surface area contributed by atoms with Crippen molar-refractivity contribution in [3.05, 3.63) is 57.8 Å². The molecule has 6 heteroatoms. The van der Waals surface area contributed by atoms with E-state index >= 15 is 0 Å². The van der Waals surface area contributed by atoms with Gasteiger partial charge in [-0.3, -0.25) is 4.79 Å². The highest BCUT2D eigenvalue weighted by atomic mass is 32.1. The van der Waals surface area contributed by atoms with Crippen molar-refractivity contribution in [2.45, 2.75) is 37.8 Å². The number of aliphatic hydroxyl groups excluding tert-OH is 1. The van der Waals surface area contributed by atoms with Gasteiger partial charge in [-0.05, 0) is 42.3 Å². The highest BCUT2D eigenvalue weighted by Crippen LogP contribution is 2.30. The van der Waals surface area contributed by atoms with Gasteiger partial charge in [-0.15, -0.1) is 11.3 Å². The predicted molar refractivity (Wildman–Crippen MR) is 95.7 cm³/mol. The van der Waals surface area contributed by atoms with E-state index in [2.05, 4.69) is 0 Å². The SMILES string of the molecule is O=C(O)c1ccccc1CC(=O)N1CCCC1CC(O)c1cccs1. The standard InChI is InChI=1S/C19H21NO4S/c21-16(17-8-4-10-25-17)12-14-6-3-9-20(14)18(22)11-13-5-1-2-7-15(13)19(23)24/h1-2,4-5,7-8,10,14,16,21H,3,6,9,11-12H2,(H,23,24). The molecule has 2 heterocycles. The lowest BCUT2D eigenvalue weighted by molar-refractivity contribution is -0.131. The van der Waals surface area contributed by atoms with Crippen LogP contribution < -0.4 is 0 Å². The van der Waals surface area contributed by atoms with Crippen LogP contribution in [-0.2, 0) is 11.2 Å². The molecule has 132 valence electrons. The maximum absolute atomic E-state index is 12.7. The Morgan fingerprint density at radius 2 is 2.04 bits per heavy atom. The zero-order chi connectivity index (χ0) is 17.8. The second-order valence-corrected chi connectivity index (χ2v) is 7.27. The normalized spacial score (nSPS) is 18.3. The van der Waals surface area contributed by atoms with Crippen molar-refractivity contribution < 1.29 is 19.8 Å². The minimum absolute atomic E-state index is 0.00147. The third-order valence-corrected chi connectivity index (χ3v) is 5.63. The molecule has 2 N–H and O–H groups in total. The summed E-state index contributed by atoms with van der Waals surface area (Å²) in [5.41, 5.74) is 0.703. The average molecular weight is 359 g/mol. The number of amides is 1. The van der Waals surface area contributed by atoms with Crippen LogP contribution in [0.3, 0.4) is 0 Å². The van der Waals surface area contributed by atoms with E-state index in [0.29, 0.717) is 18.5 Å². The molecule has 5 nitrogen and oxygen atoms in total. The number of thiophene rings is 1. The number of hydrogen-bond donors (Lipinski definition) is 2. The van der Waals surface area contributed by atoms with Gasteiger partial charge in [-0.2, -0.15) is 0 Å². The Morgan fingerprint density at radius 3 is 2.76 bits per heavy atom. The minimum atomic E-state index is -1.02. The van der Waals surface area contributed by atoms with E-state index in [4.69, 9.17) is 0 Å². The molecule has 1 aromatic carbocycles. The summed E-state index contributed by atoms with van der Waals surface area (Å²) >= 11 is 1.51.